The molecule has 0 saturated heterocycles. The molecule has 4 saturated carbocycles. The molecule has 6 aliphatic rings. The fraction of sp³-hybridized carbons (Fsp3) is 0.255. The van der Waals surface area contributed by atoms with Gasteiger partial charge in [0.1, 0.15) is 0 Å². The maximum Gasteiger partial charge on any atom is 0.0272 e. The molecule has 0 aromatic heterocycles. The molecule has 7 aromatic carbocycles. The van der Waals surface area contributed by atoms with Crippen molar-refractivity contribution in [2.75, 3.05) is 0 Å². The van der Waals surface area contributed by atoms with Crippen LogP contribution in [0, 0.1) is 23.7 Å². The van der Waals surface area contributed by atoms with Crippen molar-refractivity contribution in [2.45, 2.75) is 56.8 Å². The van der Waals surface area contributed by atoms with Crippen molar-refractivity contribution in [3.63, 3.8) is 0 Å². The van der Waals surface area contributed by atoms with Gasteiger partial charge in [0.15, 0.2) is 0 Å². The van der Waals surface area contributed by atoms with E-state index in [4.69, 9.17) is 0 Å². The van der Waals surface area contributed by atoms with E-state index in [-0.39, 0.29) is 10.8 Å². The summed E-state index contributed by atoms with van der Waals surface area (Å²) < 4.78 is 0. The number of hydrogen-bond acceptors (Lipinski definition) is 0. The van der Waals surface area contributed by atoms with Crippen LogP contribution in [0.1, 0.15) is 68.2 Å². The quantitative estimate of drug-likeness (QED) is 0.163. The Kier molecular flexibility index (Phi) is 5.57. The maximum absolute atomic E-state index is 2.62. The zero-order valence-electron chi connectivity index (χ0n) is 29.5. The maximum atomic E-state index is 2.62. The van der Waals surface area contributed by atoms with Crippen molar-refractivity contribution in [3.8, 4) is 44.5 Å². The van der Waals surface area contributed by atoms with E-state index in [2.05, 4.69) is 147 Å². The summed E-state index contributed by atoms with van der Waals surface area (Å²) in [4.78, 5) is 0. The van der Waals surface area contributed by atoms with Gasteiger partial charge >= 0.3 is 0 Å². The molecule has 4 bridgehead atoms. The van der Waals surface area contributed by atoms with E-state index in [1.807, 2.05) is 0 Å². The van der Waals surface area contributed by atoms with Gasteiger partial charge in [0.05, 0.1) is 0 Å². The number of hydrogen-bond donors (Lipinski definition) is 0. The van der Waals surface area contributed by atoms with Gasteiger partial charge in [-0.05, 0) is 156 Å². The highest BCUT2D eigenvalue weighted by molar-refractivity contribution is 6.10. The first kappa shape index (κ1) is 28.7. The van der Waals surface area contributed by atoms with Crippen molar-refractivity contribution in [2.24, 2.45) is 23.7 Å². The van der Waals surface area contributed by atoms with Gasteiger partial charge in [0.25, 0.3) is 0 Å². The number of fused-ring (bicyclic) bond motifs is 10. The van der Waals surface area contributed by atoms with Crippen LogP contribution in [0.15, 0.2) is 133 Å². The molecule has 246 valence electrons. The largest absolute Gasteiger partial charge is 0.0622 e. The average Bonchev–Trinajstić information content (AvgIpc) is 3.59. The highest BCUT2D eigenvalue weighted by atomic mass is 14.7. The second-order valence-electron chi connectivity index (χ2n) is 17.3. The highest BCUT2D eigenvalue weighted by Gasteiger charge is 2.62. The second-order valence-corrected chi connectivity index (χ2v) is 17.3. The van der Waals surface area contributed by atoms with Gasteiger partial charge in [0.2, 0.25) is 0 Å². The smallest absolute Gasteiger partial charge is 0.0272 e. The Morgan fingerprint density at radius 2 is 1.00 bits per heavy atom. The molecule has 0 heteroatoms. The Balaban J connectivity index is 1.06. The van der Waals surface area contributed by atoms with Gasteiger partial charge < -0.3 is 0 Å². The monoisotopic (exact) mass is 654 g/mol. The van der Waals surface area contributed by atoms with E-state index in [0.29, 0.717) is 0 Å². The van der Waals surface area contributed by atoms with Crippen LogP contribution in [0.25, 0.3) is 66.1 Å². The summed E-state index contributed by atoms with van der Waals surface area (Å²) in [6.07, 6.45) is 7.17. The van der Waals surface area contributed by atoms with Gasteiger partial charge in [-0.3, -0.25) is 0 Å². The standard InChI is InChI=1S/C51H42/c1-50(2)44-14-8-12-41(36-18-20-40-35(29-36)16-15-34-28-33(17-19-39(34)40)32-9-4-3-5-10-32)47(44)49-45(50)21-22-46-48(49)42-11-6-7-13-43(42)51(46)37-24-30-23-31(26-37)27-38(51)25-30/h3-22,28-31,37-38H,23-27H2,1-2H3. The summed E-state index contributed by atoms with van der Waals surface area (Å²) in [6.45, 7) is 4.92. The fourth-order valence-electron chi connectivity index (χ4n) is 12.8. The van der Waals surface area contributed by atoms with Crippen LogP contribution in [0.2, 0.25) is 0 Å². The van der Waals surface area contributed by atoms with Crippen LogP contribution in [0.4, 0.5) is 0 Å². The lowest BCUT2D eigenvalue weighted by Crippen LogP contribution is -2.55. The lowest BCUT2D eigenvalue weighted by atomic mass is 9.43. The van der Waals surface area contributed by atoms with Gasteiger partial charge in [-0.1, -0.05) is 135 Å². The molecule has 4 fully saturated rings. The van der Waals surface area contributed by atoms with Gasteiger partial charge in [-0.2, -0.15) is 0 Å². The van der Waals surface area contributed by atoms with Crippen LogP contribution < -0.4 is 0 Å². The second kappa shape index (κ2) is 9.89. The highest BCUT2D eigenvalue weighted by Crippen LogP contribution is 2.71. The minimum Gasteiger partial charge on any atom is -0.0622 e. The summed E-state index contributed by atoms with van der Waals surface area (Å²) >= 11 is 0. The van der Waals surface area contributed by atoms with Crippen LogP contribution in [0.3, 0.4) is 0 Å². The predicted molar refractivity (Wildman–Crippen MR) is 213 cm³/mol. The molecule has 51 heavy (non-hydrogen) atoms. The van der Waals surface area contributed by atoms with E-state index >= 15 is 0 Å². The molecule has 0 amide bonds. The zero-order chi connectivity index (χ0) is 33.6. The topological polar surface area (TPSA) is 0 Å². The third-order valence-electron chi connectivity index (χ3n) is 14.6. The molecular formula is C51H42. The zero-order valence-corrected chi connectivity index (χ0v) is 29.5. The van der Waals surface area contributed by atoms with Crippen LogP contribution in [-0.2, 0) is 10.8 Å². The van der Waals surface area contributed by atoms with Gasteiger partial charge in [-0.15, -0.1) is 0 Å². The molecule has 6 aliphatic carbocycles. The Labute approximate surface area is 301 Å². The molecule has 0 radical (unpaired) electrons. The molecule has 1 spiro atoms. The number of benzene rings is 7. The van der Waals surface area contributed by atoms with E-state index < -0.39 is 0 Å². The average molecular weight is 655 g/mol. The fourth-order valence-corrected chi connectivity index (χ4v) is 12.8. The van der Waals surface area contributed by atoms with Crippen molar-refractivity contribution in [1.82, 2.24) is 0 Å². The van der Waals surface area contributed by atoms with Crippen molar-refractivity contribution < 1.29 is 0 Å². The first-order valence-corrected chi connectivity index (χ1v) is 19.4. The third kappa shape index (κ3) is 3.61. The molecule has 0 N–H and O–H groups in total. The Morgan fingerprint density at radius 1 is 0.412 bits per heavy atom. The molecule has 0 unspecified atom stereocenters. The van der Waals surface area contributed by atoms with E-state index in [1.165, 1.54) is 104 Å². The lowest BCUT2D eigenvalue weighted by Gasteiger charge is -2.61. The first-order chi connectivity index (χ1) is 25.0. The predicted octanol–water partition coefficient (Wildman–Crippen LogP) is 13.4. The molecule has 0 heterocycles. The summed E-state index contributed by atoms with van der Waals surface area (Å²) in [5.41, 5.74) is 17.7. The Morgan fingerprint density at radius 3 is 1.75 bits per heavy atom. The number of rotatable bonds is 2. The first-order valence-electron chi connectivity index (χ1n) is 19.4. The van der Waals surface area contributed by atoms with Gasteiger partial charge in [0, 0.05) is 10.8 Å². The normalized spacial score (nSPS) is 25.7. The van der Waals surface area contributed by atoms with Crippen LogP contribution in [0.5, 0.6) is 0 Å². The SMILES string of the molecule is CC1(C)c2cccc(-c3ccc4c(ccc5cc(-c6ccccc6)ccc54)c3)c2-c2c1ccc1c2-c2ccccc2C12C1CC3CC(C1)CC2C3. The summed E-state index contributed by atoms with van der Waals surface area (Å²) in [5.74, 6) is 3.45. The van der Waals surface area contributed by atoms with Crippen molar-refractivity contribution in [1.29, 1.82) is 0 Å². The Hall–Kier alpha value is -4.94. The van der Waals surface area contributed by atoms with Crippen molar-refractivity contribution >= 4 is 21.5 Å². The molecule has 0 aliphatic heterocycles. The van der Waals surface area contributed by atoms with Crippen LogP contribution >= 0.6 is 0 Å². The summed E-state index contributed by atoms with van der Waals surface area (Å²) in [6, 6.07) is 51.5. The van der Waals surface area contributed by atoms with E-state index in [9.17, 15) is 0 Å². The molecule has 0 atom stereocenters. The third-order valence-corrected chi connectivity index (χ3v) is 14.6. The lowest BCUT2D eigenvalue weighted by molar-refractivity contribution is -0.0399. The van der Waals surface area contributed by atoms with Gasteiger partial charge in [-0.25, -0.2) is 0 Å². The summed E-state index contributed by atoms with van der Waals surface area (Å²) in [5, 5.41) is 5.24. The molecule has 7 aromatic rings. The van der Waals surface area contributed by atoms with E-state index in [1.54, 1.807) is 16.7 Å². The summed E-state index contributed by atoms with van der Waals surface area (Å²) in [7, 11) is 0. The van der Waals surface area contributed by atoms with Crippen LogP contribution in [-0.4, -0.2) is 0 Å². The Bertz CT molecular complexity index is 2590. The van der Waals surface area contributed by atoms with E-state index in [0.717, 1.165) is 23.7 Å². The minimum atomic E-state index is -0.0615. The van der Waals surface area contributed by atoms with Crippen molar-refractivity contribution in [3.05, 3.63) is 156 Å². The molecule has 13 rings (SSSR count). The molecular weight excluding hydrogens is 613 g/mol. The minimum absolute atomic E-state index is 0.0615. The molecule has 0 nitrogen and oxygen atoms in total.